The van der Waals surface area contributed by atoms with Crippen molar-refractivity contribution in [3.8, 4) is 0 Å². The maximum absolute atomic E-state index is 12.1. The molecule has 2 saturated carbocycles. The molecule has 0 aliphatic heterocycles. The van der Waals surface area contributed by atoms with E-state index in [0.717, 1.165) is 6.54 Å². The van der Waals surface area contributed by atoms with Crippen LogP contribution in [-0.4, -0.2) is 36.0 Å². The first-order valence-corrected chi connectivity index (χ1v) is 6.84. The van der Waals surface area contributed by atoms with Crippen molar-refractivity contribution in [2.24, 2.45) is 0 Å². The number of likely N-dealkylation sites (N-methyl/N-ethyl adjacent to an activating group) is 1. The Morgan fingerprint density at radius 2 is 1.88 bits per heavy atom. The molecule has 0 atom stereocenters. The van der Waals surface area contributed by atoms with E-state index in [2.05, 4.69) is 17.1 Å². The SMILES string of the molecule is CCN(C(=O)CNC1CC1)C1CCCCC1. The Hall–Kier alpha value is -0.570. The highest BCUT2D eigenvalue weighted by Gasteiger charge is 2.26. The van der Waals surface area contributed by atoms with Crippen molar-refractivity contribution in [1.29, 1.82) is 0 Å². The zero-order valence-corrected chi connectivity index (χ0v) is 10.4. The van der Waals surface area contributed by atoms with Gasteiger partial charge in [0.25, 0.3) is 0 Å². The van der Waals surface area contributed by atoms with Gasteiger partial charge in [0.2, 0.25) is 5.91 Å². The minimum atomic E-state index is 0.307. The second kappa shape index (κ2) is 5.67. The van der Waals surface area contributed by atoms with Crippen LogP contribution in [0.25, 0.3) is 0 Å². The van der Waals surface area contributed by atoms with Gasteiger partial charge in [-0.3, -0.25) is 4.79 Å². The average Bonchev–Trinajstić information content (AvgIpc) is 3.13. The third-order valence-electron chi connectivity index (χ3n) is 3.80. The number of rotatable bonds is 5. The third-order valence-corrected chi connectivity index (χ3v) is 3.80. The average molecular weight is 224 g/mol. The van der Waals surface area contributed by atoms with Gasteiger partial charge in [-0.25, -0.2) is 0 Å². The van der Waals surface area contributed by atoms with E-state index in [4.69, 9.17) is 0 Å². The lowest BCUT2D eigenvalue weighted by atomic mass is 9.94. The second-order valence-electron chi connectivity index (χ2n) is 5.13. The van der Waals surface area contributed by atoms with Crippen molar-refractivity contribution in [2.45, 2.75) is 64.0 Å². The van der Waals surface area contributed by atoms with Gasteiger partial charge in [-0.1, -0.05) is 19.3 Å². The first-order chi connectivity index (χ1) is 7.81. The molecule has 3 heteroatoms. The van der Waals surface area contributed by atoms with E-state index in [1.54, 1.807) is 0 Å². The minimum absolute atomic E-state index is 0.307. The fourth-order valence-electron chi connectivity index (χ4n) is 2.65. The van der Waals surface area contributed by atoms with Gasteiger partial charge in [-0.05, 0) is 32.6 Å². The number of amides is 1. The van der Waals surface area contributed by atoms with E-state index in [9.17, 15) is 4.79 Å². The molecule has 16 heavy (non-hydrogen) atoms. The molecule has 0 aromatic rings. The lowest BCUT2D eigenvalue weighted by molar-refractivity contribution is -0.133. The van der Waals surface area contributed by atoms with E-state index in [1.165, 1.54) is 44.9 Å². The molecule has 3 nitrogen and oxygen atoms in total. The Kier molecular flexibility index (Phi) is 4.22. The van der Waals surface area contributed by atoms with Crippen LogP contribution in [0.1, 0.15) is 51.9 Å². The summed E-state index contributed by atoms with van der Waals surface area (Å²) in [7, 11) is 0. The molecule has 0 saturated heterocycles. The van der Waals surface area contributed by atoms with Crippen LogP contribution >= 0.6 is 0 Å². The van der Waals surface area contributed by atoms with Gasteiger partial charge in [-0.2, -0.15) is 0 Å². The number of hydrogen-bond donors (Lipinski definition) is 1. The van der Waals surface area contributed by atoms with Crippen LogP contribution in [-0.2, 0) is 4.79 Å². The zero-order valence-electron chi connectivity index (χ0n) is 10.4. The Morgan fingerprint density at radius 3 is 2.44 bits per heavy atom. The van der Waals surface area contributed by atoms with Gasteiger partial charge in [-0.15, -0.1) is 0 Å². The fourth-order valence-corrected chi connectivity index (χ4v) is 2.65. The minimum Gasteiger partial charge on any atom is -0.339 e. The predicted molar refractivity (Wildman–Crippen MR) is 65.3 cm³/mol. The molecule has 1 N–H and O–H groups in total. The highest BCUT2D eigenvalue weighted by molar-refractivity contribution is 5.78. The standard InChI is InChI=1S/C13H24N2O/c1-2-15(12-6-4-3-5-7-12)13(16)10-14-11-8-9-11/h11-12,14H,2-10H2,1H3. The topological polar surface area (TPSA) is 32.3 Å². The monoisotopic (exact) mass is 224 g/mol. The van der Waals surface area contributed by atoms with Gasteiger partial charge < -0.3 is 10.2 Å². The number of carbonyl (C=O) groups is 1. The van der Waals surface area contributed by atoms with Crippen LogP contribution in [0.15, 0.2) is 0 Å². The van der Waals surface area contributed by atoms with Crippen molar-refractivity contribution in [3.05, 3.63) is 0 Å². The van der Waals surface area contributed by atoms with Gasteiger partial charge >= 0.3 is 0 Å². The molecule has 0 unspecified atom stereocenters. The first kappa shape index (κ1) is 11.9. The highest BCUT2D eigenvalue weighted by atomic mass is 16.2. The summed E-state index contributed by atoms with van der Waals surface area (Å²) in [4.78, 5) is 14.2. The predicted octanol–water partition coefficient (Wildman–Crippen LogP) is 1.92. The van der Waals surface area contributed by atoms with Crippen molar-refractivity contribution in [2.75, 3.05) is 13.1 Å². The molecule has 0 radical (unpaired) electrons. The lowest BCUT2D eigenvalue weighted by Crippen LogP contribution is -2.45. The maximum atomic E-state index is 12.1. The van der Waals surface area contributed by atoms with Crippen LogP contribution in [0, 0.1) is 0 Å². The van der Waals surface area contributed by atoms with E-state index >= 15 is 0 Å². The van der Waals surface area contributed by atoms with Crippen molar-refractivity contribution in [3.63, 3.8) is 0 Å². The molecule has 0 heterocycles. The van der Waals surface area contributed by atoms with E-state index in [0.29, 0.717) is 24.5 Å². The van der Waals surface area contributed by atoms with Crippen LogP contribution in [0.4, 0.5) is 0 Å². The summed E-state index contributed by atoms with van der Waals surface area (Å²) in [6, 6.07) is 1.15. The molecule has 0 aromatic carbocycles. The van der Waals surface area contributed by atoms with Crippen molar-refractivity contribution < 1.29 is 4.79 Å². The summed E-state index contributed by atoms with van der Waals surface area (Å²) in [5, 5.41) is 3.32. The van der Waals surface area contributed by atoms with Crippen LogP contribution < -0.4 is 5.32 Å². The summed E-state index contributed by atoms with van der Waals surface area (Å²) in [5.41, 5.74) is 0. The first-order valence-electron chi connectivity index (χ1n) is 6.84. The zero-order chi connectivity index (χ0) is 11.4. The molecule has 0 aromatic heterocycles. The van der Waals surface area contributed by atoms with E-state index in [-0.39, 0.29) is 0 Å². The number of hydrogen-bond acceptors (Lipinski definition) is 2. The van der Waals surface area contributed by atoms with Gasteiger partial charge in [0.15, 0.2) is 0 Å². The van der Waals surface area contributed by atoms with Gasteiger partial charge in [0.05, 0.1) is 6.54 Å². The number of carbonyl (C=O) groups excluding carboxylic acids is 1. The highest BCUT2D eigenvalue weighted by Crippen LogP contribution is 2.23. The molecule has 1 amide bonds. The smallest absolute Gasteiger partial charge is 0.236 e. The van der Waals surface area contributed by atoms with Gasteiger partial charge in [0, 0.05) is 18.6 Å². The molecule has 2 aliphatic carbocycles. The van der Waals surface area contributed by atoms with Crippen LogP contribution in [0.5, 0.6) is 0 Å². The second-order valence-corrected chi connectivity index (χ2v) is 5.13. The fraction of sp³-hybridized carbons (Fsp3) is 0.923. The molecule has 2 aliphatic rings. The normalized spacial score (nSPS) is 22.1. The Balaban J connectivity index is 1.78. The number of nitrogens with one attached hydrogen (secondary N) is 1. The maximum Gasteiger partial charge on any atom is 0.236 e. The molecule has 0 bridgehead atoms. The summed E-state index contributed by atoms with van der Waals surface area (Å²) in [5.74, 6) is 0.307. The lowest BCUT2D eigenvalue weighted by Gasteiger charge is -2.33. The summed E-state index contributed by atoms with van der Waals surface area (Å²) in [6.45, 7) is 3.52. The molecule has 92 valence electrons. The van der Waals surface area contributed by atoms with Crippen molar-refractivity contribution >= 4 is 5.91 Å². The quantitative estimate of drug-likeness (QED) is 0.774. The summed E-state index contributed by atoms with van der Waals surface area (Å²) < 4.78 is 0. The Bertz CT molecular complexity index is 232. The molecular weight excluding hydrogens is 200 g/mol. The van der Waals surface area contributed by atoms with Crippen LogP contribution in [0.3, 0.4) is 0 Å². The molecular formula is C13H24N2O. The van der Waals surface area contributed by atoms with E-state index < -0.39 is 0 Å². The number of nitrogens with zero attached hydrogens (tertiary/aromatic N) is 1. The molecule has 2 fully saturated rings. The van der Waals surface area contributed by atoms with Crippen molar-refractivity contribution in [1.82, 2.24) is 10.2 Å². The molecule has 0 spiro atoms. The summed E-state index contributed by atoms with van der Waals surface area (Å²) in [6.07, 6.45) is 8.87. The van der Waals surface area contributed by atoms with Crippen LogP contribution in [0.2, 0.25) is 0 Å². The largest absolute Gasteiger partial charge is 0.339 e. The third kappa shape index (κ3) is 3.21. The Morgan fingerprint density at radius 1 is 1.19 bits per heavy atom. The Labute approximate surface area is 98.6 Å². The van der Waals surface area contributed by atoms with E-state index in [1.807, 2.05) is 0 Å². The summed E-state index contributed by atoms with van der Waals surface area (Å²) >= 11 is 0. The van der Waals surface area contributed by atoms with Gasteiger partial charge in [0.1, 0.15) is 0 Å². The molecule has 2 rings (SSSR count).